The highest BCUT2D eigenvalue weighted by molar-refractivity contribution is 9.10. The Morgan fingerprint density at radius 1 is 1.07 bits per heavy atom. The summed E-state index contributed by atoms with van der Waals surface area (Å²) in [5.41, 5.74) is 8.41. The van der Waals surface area contributed by atoms with Gasteiger partial charge in [-0.05, 0) is 50.3 Å². The second-order valence-electron chi connectivity index (χ2n) is 6.89. The second kappa shape index (κ2) is 8.16. The fourth-order valence-corrected chi connectivity index (χ4v) is 5.26. The van der Waals surface area contributed by atoms with Crippen LogP contribution in [0.25, 0.3) is 11.1 Å². The van der Waals surface area contributed by atoms with Crippen molar-refractivity contribution >= 4 is 39.8 Å². The molecule has 2 aliphatic rings. The number of carbonyl (C=O) groups is 1. The summed E-state index contributed by atoms with van der Waals surface area (Å²) >= 11 is 5.09. The third-order valence-electron chi connectivity index (χ3n) is 5.04. The van der Waals surface area contributed by atoms with E-state index in [1.165, 1.54) is 22.3 Å². The lowest BCUT2D eigenvalue weighted by molar-refractivity contribution is -0.118. The molecule has 0 atom stereocenters. The molecule has 0 saturated heterocycles. The Kier molecular flexibility index (Phi) is 5.23. The Morgan fingerprint density at radius 3 is 2.40 bits per heavy atom. The maximum atomic E-state index is 12.4. The van der Waals surface area contributed by atoms with Crippen molar-refractivity contribution in [2.45, 2.75) is 5.25 Å². The van der Waals surface area contributed by atoms with Gasteiger partial charge in [-0.3, -0.25) is 4.79 Å². The minimum absolute atomic E-state index is 0.144. The van der Waals surface area contributed by atoms with Gasteiger partial charge in [-0.15, -0.1) is 11.8 Å². The Balaban J connectivity index is 1.24. The van der Waals surface area contributed by atoms with Crippen molar-refractivity contribution in [3.8, 4) is 22.6 Å². The van der Waals surface area contributed by atoms with Crippen molar-refractivity contribution in [2.24, 2.45) is 5.10 Å². The van der Waals surface area contributed by atoms with Crippen molar-refractivity contribution in [2.75, 3.05) is 12.5 Å². The number of hydrogen-bond donors (Lipinski definition) is 1. The summed E-state index contributed by atoms with van der Waals surface area (Å²) in [6, 6.07) is 20.4. The number of benzene rings is 3. The average Bonchev–Trinajstić information content (AvgIpc) is 3.34. The number of amides is 1. The third kappa shape index (κ3) is 3.59. The lowest BCUT2D eigenvalue weighted by Gasteiger charge is -2.12. The zero-order valence-electron chi connectivity index (χ0n) is 15.8. The topological polar surface area (TPSA) is 59.9 Å². The van der Waals surface area contributed by atoms with Gasteiger partial charge in [-0.25, -0.2) is 5.43 Å². The zero-order valence-corrected chi connectivity index (χ0v) is 18.2. The van der Waals surface area contributed by atoms with Crippen LogP contribution >= 0.6 is 27.7 Å². The lowest BCUT2D eigenvalue weighted by atomic mass is 10.1. The molecule has 0 spiro atoms. The van der Waals surface area contributed by atoms with E-state index in [1.807, 2.05) is 24.3 Å². The molecule has 0 radical (unpaired) electrons. The van der Waals surface area contributed by atoms with Gasteiger partial charge in [0.2, 0.25) is 12.7 Å². The van der Waals surface area contributed by atoms with E-state index in [2.05, 4.69) is 62.9 Å². The van der Waals surface area contributed by atoms with Gasteiger partial charge in [0.05, 0.1) is 17.2 Å². The van der Waals surface area contributed by atoms with E-state index in [0.717, 1.165) is 10.0 Å². The fourth-order valence-electron chi connectivity index (χ4n) is 3.69. The van der Waals surface area contributed by atoms with Crippen LogP contribution in [0, 0.1) is 0 Å². The van der Waals surface area contributed by atoms with Crippen molar-refractivity contribution in [1.82, 2.24) is 5.43 Å². The van der Waals surface area contributed by atoms with Crippen molar-refractivity contribution in [3.63, 3.8) is 0 Å². The van der Waals surface area contributed by atoms with E-state index >= 15 is 0 Å². The molecule has 1 aliphatic heterocycles. The Bertz CT molecular complexity index is 1120. The molecule has 1 aliphatic carbocycles. The number of hydrazone groups is 1. The maximum absolute atomic E-state index is 12.4. The highest BCUT2D eigenvalue weighted by Crippen LogP contribution is 2.49. The minimum Gasteiger partial charge on any atom is -0.454 e. The van der Waals surface area contributed by atoms with Crippen LogP contribution in [-0.4, -0.2) is 24.7 Å². The molecule has 150 valence electrons. The highest BCUT2D eigenvalue weighted by atomic mass is 79.9. The van der Waals surface area contributed by atoms with Crippen LogP contribution in [0.1, 0.15) is 21.9 Å². The smallest absolute Gasteiger partial charge is 0.250 e. The number of carbonyl (C=O) groups excluding carboxylic acids is 1. The molecule has 1 N–H and O–H groups in total. The molecule has 7 heteroatoms. The number of halogens is 1. The molecule has 0 aromatic heterocycles. The van der Waals surface area contributed by atoms with Crippen molar-refractivity contribution < 1.29 is 14.3 Å². The first kappa shape index (κ1) is 19.2. The van der Waals surface area contributed by atoms with Gasteiger partial charge < -0.3 is 9.47 Å². The number of rotatable bonds is 5. The Hall–Kier alpha value is -2.77. The summed E-state index contributed by atoms with van der Waals surface area (Å²) < 4.78 is 11.5. The lowest BCUT2D eigenvalue weighted by Crippen LogP contribution is -2.20. The van der Waals surface area contributed by atoms with Crippen LogP contribution in [0.2, 0.25) is 0 Å². The minimum atomic E-state index is -0.144. The van der Waals surface area contributed by atoms with Gasteiger partial charge in [0, 0.05) is 10.0 Å². The van der Waals surface area contributed by atoms with Crippen LogP contribution in [0.15, 0.2) is 70.2 Å². The summed E-state index contributed by atoms with van der Waals surface area (Å²) in [5, 5.41) is 4.25. The molecule has 30 heavy (non-hydrogen) atoms. The molecule has 1 heterocycles. The number of nitrogens with zero attached hydrogens (tertiary/aromatic N) is 1. The maximum Gasteiger partial charge on any atom is 0.250 e. The van der Waals surface area contributed by atoms with Crippen molar-refractivity contribution in [3.05, 3.63) is 81.8 Å². The SMILES string of the molecule is O=C(CSC1c2ccccc2-c2ccccc21)N/N=C\c1cc2c(cc1Br)OCO2. The molecule has 5 nitrogen and oxygen atoms in total. The van der Waals surface area contributed by atoms with Crippen LogP contribution in [0.5, 0.6) is 11.5 Å². The number of fused-ring (bicyclic) bond motifs is 4. The van der Waals surface area contributed by atoms with E-state index < -0.39 is 0 Å². The predicted octanol–water partition coefficient (Wildman–Crippen LogP) is 5.13. The summed E-state index contributed by atoms with van der Waals surface area (Å²) in [5.74, 6) is 1.53. The van der Waals surface area contributed by atoms with Crippen LogP contribution in [0.4, 0.5) is 0 Å². The summed E-state index contributed by atoms with van der Waals surface area (Å²) in [4.78, 5) is 12.4. The molecular weight excluding hydrogens is 464 g/mol. The van der Waals surface area contributed by atoms with Crippen molar-refractivity contribution in [1.29, 1.82) is 0 Å². The van der Waals surface area contributed by atoms with Gasteiger partial charge in [-0.2, -0.15) is 5.10 Å². The molecule has 0 unspecified atom stereocenters. The van der Waals surface area contributed by atoms with Crippen LogP contribution in [-0.2, 0) is 4.79 Å². The van der Waals surface area contributed by atoms with Gasteiger partial charge in [0.15, 0.2) is 11.5 Å². The Morgan fingerprint density at radius 2 is 1.70 bits per heavy atom. The molecule has 0 saturated carbocycles. The summed E-state index contributed by atoms with van der Waals surface area (Å²) in [6.45, 7) is 0.212. The Labute approximate surface area is 186 Å². The second-order valence-corrected chi connectivity index (χ2v) is 8.83. The molecule has 1 amide bonds. The summed E-state index contributed by atoms with van der Waals surface area (Å²) in [6.07, 6.45) is 1.59. The quantitative estimate of drug-likeness (QED) is 0.406. The number of hydrogen-bond acceptors (Lipinski definition) is 5. The summed E-state index contributed by atoms with van der Waals surface area (Å²) in [7, 11) is 0. The third-order valence-corrected chi connectivity index (χ3v) is 7.00. The van der Waals surface area contributed by atoms with E-state index in [4.69, 9.17) is 9.47 Å². The van der Waals surface area contributed by atoms with Gasteiger partial charge in [0.25, 0.3) is 0 Å². The molecule has 3 aromatic carbocycles. The van der Waals surface area contributed by atoms with Gasteiger partial charge >= 0.3 is 0 Å². The van der Waals surface area contributed by atoms with Gasteiger partial charge in [0.1, 0.15) is 0 Å². The monoisotopic (exact) mass is 480 g/mol. The highest BCUT2D eigenvalue weighted by Gasteiger charge is 2.28. The largest absolute Gasteiger partial charge is 0.454 e. The van der Waals surface area contributed by atoms with E-state index in [9.17, 15) is 4.79 Å². The zero-order chi connectivity index (χ0) is 20.5. The average molecular weight is 481 g/mol. The number of thioether (sulfide) groups is 1. The van der Waals surface area contributed by atoms with Crippen LogP contribution < -0.4 is 14.9 Å². The molecule has 0 bridgehead atoms. The number of ether oxygens (including phenoxy) is 2. The van der Waals surface area contributed by atoms with E-state index in [1.54, 1.807) is 18.0 Å². The normalized spacial score (nSPS) is 14.0. The first-order valence-corrected chi connectivity index (χ1v) is 11.3. The first-order chi connectivity index (χ1) is 14.7. The molecule has 5 rings (SSSR count). The first-order valence-electron chi connectivity index (χ1n) is 9.41. The molecule has 0 fully saturated rings. The molecular formula is C23H17BrN2O3S. The fraction of sp³-hybridized carbons (Fsp3) is 0.130. The van der Waals surface area contributed by atoms with Gasteiger partial charge in [-0.1, -0.05) is 48.5 Å². The predicted molar refractivity (Wildman–Crippen MR) is 122 cm³/mol. The van der Waals surface area contributed by atoms with E-state index in [-0.39, 0.29) is 18.0 Å². The standard InChI is InChI=1S/C23H17BrN2O3S/c24-19-10-21-20(28-13-29-21)9-14(19)11-25-26-22(27)12-30-23-17-7-3-1-5-15(17)16-6-2-4-8-18(16)23/h1-11,23H,12-13H2,(H,26,27)/b25-11-. The van der Waals surface area contributed by atoms with E-state index in [0.29, 0.717) is 17.3 Å². The number of nitrogens with one attached hydrogen (secondary N) is 1. The molecule has 3 aromatic rings. The van der Waals surface area contributed by atoms with Crippen LogP contribution in [0.3, 0.4) is 0 Å².